The van der Waals surface area contributed by atoms with Gasteiger partial charge in [0.25, 0.3) is 5.56 Å². The zero-order valence-electron chi connectivity index (χ0n) is 17.0. The van der Waals surface area contributed by atoms with Gasteiger partial charge in [0.15, 0.2) is 0 Å². The number of para-hydroxylation sites is 1. The maximum absolute atomic E-state index is 13.5. The number of carbonyl (C=O) groups is 1. The fraction of sp³-hybridized carbons (Fsp3) is 0.565. The summed E-state index contributed by atoms with van der Waals surface area (Å²) in [7, 11) is 1.87. The zero-order valence-corrected chi connectivity index (χ0v) is 17.0. The van der Waals surface area contributed by atoms with Crippen LogP contribution in [0.2, 0.25) is 0 Å². The largest absolute Gasteiger partial charge is 0.319 e. The number of hydrogen-bond donors (Lipinski definition) is 1. The van der Waals surface area contributed by atoms with Crippen LogP contribution < -0.4 is 10.9 Å². The first-order valence-corrected chi connectivity index (χ1v) is 10.5. The number of hydrogen-bond acceptors (Lipinski definition) is 2. The minimum atomic E-state index is -0.287. The first-order valence-electron chi connectivity index (χ1n) is 10.5. The molecule has 0 spiro atoms. The summed E-state index contributed by atoms with van der Waals surface area (Å²) in [6.45, 7) is 4.26. The highest BCUT2D eigenvalue weighted by Crippen LogP contribution is 2.65. The molecule has 2 aromatic rings. The van der Waals surface area contributed by atoms with Crippen LogP contribution in [0.4, 0.5) is 5.69 Å². The smallest absolute Gasteiger partial charge is 0.295 e. The molecule has 4 saturated carbocycles. The Labute approximate surface area is 165 Å². The van der Waals surface area contributed by atoms with E-state index in [1.807, 2.05) is 49.0 Å². The topological polar surface area (TPSA) is 56.0 Å². The van der Waals surface area contributed by atoms with Crippen molar-refractivity contribution in [1.82, 2.24) is 9.36 Å². The molecule has 1 N–H and O–H groups in total. The lowest BCUT2D eigenvalue weighted by Gasteiger charge is -2.60. The highest BCUT2D eigenvalue weighted by molar-refractivity contribution is 5.96. The fourth-order valence-corrected chi connectivity index (χ4v) is 6.94. The average Bonchev–Trinajstić information content (AvgIpc) is 2.84. The van der Waals surface area contributed by atoms with Crippen LogP contribution in [0, 0.1) is 29.6 Å². The molecule has 2 atom stereocenters. The highest BCUT2D eigenvalue weighted by Gasteiger charge is 2.58. The molecule has 0 radical (unpaired) electrons. The van der Waals surface area contributed by atoms with Crippen LogP contribution in [-0.2, 0) is 11.8 Å². The minimum absolute atomic E-state index is 0.0684. The summed E-state index contributed by atoms with van der Waals surface area (Å²) in [5, 5.41) is 3.09. The van der Waals surface area contributed by atoms with Gasteiger partial charge in [0, 0.05) is 7.05 Å². The van der Waals surface area contributed by atoms with E-state index in [1.165, 1.54) is 19.3 Å². The monoisotopic (exact) mass is 379 g/mol. The first kappa shape index (κ1) is 17.8. The number of rotatable bonds is 3. The van der Waals surface area contributed by atoms with E-state index < -0.39 is 0 Å². The number of carbonyl (C=O) groups excluding carboxylic acids is 1. The third kappa shape index (κ3) is 2.51. The van der Waals surface area contributed by atoms with E-state index in [-0.39, 0.29) is 16.9 Å². The lowest BCUT2D eigenvalue weighted by atomic mass is 9.44. The summed E-state index contributed by atoms with van der Waals surface area (Å²) in [4.78, 5) is 26.7. The second-order valence-electron chi connectivity index (χ2n) is 9.94. The molecule has 5 nitrogen and oxygen atoms in total. The molecular weight excluding hydrogens is 350 g/mol. The van der Waals surface area contributed by atoms with Gasteiger partial charge in [-0.05, 0) is 74.8 Å². The maximum Gasteiger partial charge on any atom is 0.295 e. The maximum atomic E-state index is 13.5. The van der Waals surface area contributed by atoms with Gasteiger partial charge >= 0.3 is 0 Å². The van der Waals surface area contributed by atoms with Crippen molar-refractivity contribution in [2.75, 3.05) is 5.32 Å². The van der Waals surface area contributed by atoms with Crippen molar-refractivity contribution in [1.29, 1.82) is 0 Å². The van der Waals surface area contributed by atoms with Gasteiger partial charge < -0.3 is 5.32 Å². The molecule has 1 heterocycles. The van der Waals surface area contributed by atoms with Gasteiger partial charge in [-0.1, -0.05) is 25.1 Å². The molecule has 148 valence electrons. The number of nitrogens with one attached hydrogen (secondary N) is 1. The van der Waals surface area contributed by atoms with Crippen molar-refractivity contribution in [2.45, 2.75) is 52.4 Å². The summed E-state index contributed by atoms with van der Waals surface area (Å²) >= 11 is 0. The molecule has 6 rings (SSSR count). The Morgan fingerprint density at radius 1 is 1.11 bits per heavy atom. The van der Waals surface area contributed by atoms with Gasteiger partial charge in [-0.25, -0.2) is 4.68 Å². The minimum Gasteiger partial charge on any atom is -0.319 e. The van der Waals surface area contributed by atoms with Crippen LogP contribution in [0.15, 0.2) is 35.1 Å². The normalized spacial score (nSPS) is 33.2. The lowest BCUT2D eigenvalue weighted by Crippen LogP contribution is -2.55. The number of amides is 1. The van der Waals surface area contributed by atoms with Crippen LogP contribution in [0.3, 0.4) is 0 Å². The van der Waals surface area contributed by atoms with Gasteiger partial charge in [-0.15, -0.1) is 0 Å². The van der Waals surface area contributed by atoms with E-state index in [2.05, 4.69) is 12.2 Å². The van der Waals surface area contributed by atoms with Crippen molar-refractivity contribution in [3.63, 3.8) is 0 Å². The molecule has 0 saturated heterocycles. The number of aromatic nitrogens is 2. The lowest BCUT2D eigenvalue weighted by molar-refractivity contribution is -0.149. The van der Waals surface area contributed by atoms with Gasteiger partial charge in [-0.3, -0.25) is 14.3 Å². The average molecular weight is 380 g/mol. The Morgan fingerprint density at radius 2 is 1.75 bits per heavy atom. The molecular formula is C23H29N3O2. The zero-order chi connectivity index (χ0) is 19.7. The molecule has 4 aliphatic carbocycles. The van der Waals surface area contributed by atoms with E-state index in [9.17, 15) is 9.59 Å². The molecule has 0 aliphatic heterocycles. The van der Waals surface area contributed by atoms with Crippen LogP contribution in [-0.4, -0.2) is 15.3 Å². The Hall–Kier alpha value is -2.30. The van der Waals surface area contributed by atoms with Crippen molar-refractivity contribution in [3.8, 4) is 5.69 Å². The van der Waals surface area contributed by atoms with E-state index in [0.717, 1.165) is 30.6 Å². The third-order valence-corrected chi connectivity index (χ3v) is 7.63. The Balaban J connectivity index is 1.49. The first-order chi connectivity index (χ1) is 13.3. The van der Waals surface area contributed by atoms with Crippen molar-refractivity contribution in [2.24, 2.45) is 29.7 Å². The van der Waals surface area contributed by atoms with Gasteiger partial charge in [-0.2, -0.15) is 0 Å². The van der Waals surface area contributed by atoms with Gasteiger partial charge in [0.05, 0.1) is 16.8 Å². The summed E-state index contributed by atoms with van der Waals surface area (Å²) in [5.74, 6) is 1.42. The summed E-state index contributed by atoms with van der Waals surface area (Å²) < 4.78 is 3.46. The van der Waals surface area contributed by atoms with Crippen molar-refractivity contribution >= 4 is 11.6 Å². The molecule has 4 fully saturated rings. The number of benzene rings is 1. The van der Waals surface area contributed by atoms with Crippen molar-refractivity contribution < 1.29 is 4.79 Å². The summed E-state index contributed by atoms with van der Waals surface area (Å²) in [6.07, 6.45) is 6.77. The highest BCUT2D eigenvalue weighted by atomic mass is 16.2. The quantitative estimate of drug-likeness (QED) is 0.875. The third-order valence-electron chi connectivity index (χ3n) is 7.63. The van der Waals surface area contributed by atoms with E-state index in [1.54, 1.807) is 4.68 Å². The van der Waals surface area contributed by atoms with E-state index in [0.29, 0.717) is 22.9 Å². The van der Waals surface area contributed by atoms with Crippen LogP contribution >= 0.6 is 0 Å². The molecule has 5 heteroatoms. The Kier molecular flexibility index (Phi) is 3.71. The second kappa shape index (κ2) is 5.85. The molecule has 0 unspecified atom stereocenters. The van der Waals surface area contributed by atoms with E-state index in [4.69, 9.17) is 0 Å². The molecule has 1 amide bonds. The summed E-state index contributed by atoms with van der Waals surface area (Å²) in [5.41, 5.74) is 1.88. The predicted molar refractivity (Wildman–Crippen MR) is 110 cm³/mol. The number of anilines is 1. The molecule has 1 aromatic heterocycles. The van der Waals surface area contributed by atoms with E-state index >= 15 is 0 Å². The van der Waals surface area contributed by atoms with Crippen molar-refractivity contribution in [3.05, 3.63) is 46.4 Å². The van der Waals surface area contributed by atoms with Gasteiger partial charge in [0.2, 0.25) is 5.91 Å². The van der Waals surface area contributed by atoms with Gasteiger partial charge in [0.1, 0.15) is 5.69 Å². The standard InChI is InChI=1S/C23H29N3O2/c1-15-19(20(27)26(25(15)3)18-7-5-4-6-8-18)24-21(28)23-12-16-9-17(13-23)11-22(2,10-16)14-23/h4-8,16-17H,9-14H2,1-3H3,(H,24,28)/t16-,17-,22?,23?/m0/s1. The SMILES string of the molecule is Cc1c(NC(=O)C23C[C@H]4C[C@@H](CC(C)(C4)C2)C3)c(=O)n(-c2ccccc2)n1C. The Morgan fingerprint density at radius 3 is 2.36 bits per heavy atom. The fourth-order valence-electron chi connectivity index (χ4n) is 6.94. The Bertz CT molecular complexity index is 987. The summed E-state index contributed by atoms with van der Waals surface area (Å²) in [6, 6.07) is 9.58. The molecule has 4 bridgehead atoms. The van der Waals surface area contributed by atoms with Crippen LogP contribution in [0.1, 0.15) is 51.1 Å². The molecule has 28 heavy (non-hydrogen) atoms. The second-order valence-corrected chi connectivity index (χ2v) is 9.94. The molecule has 1 aromatic carbocycles. The van der Waals surface area contributed by atoms with Crippen LogP contribution in [0.25, 0.3) is 5.69 Å². The molecule has 4 aliphatic rings. The number of nitrogens with zero attached hydrogens (tertiary/aromatic N) is 2. The van der Waals surface area contributed by atoms with Crippen LogP contribution in [0.5, 0.6) is 0 Å². The predicted octanol–water partition coefficient (Wildman–Crippen LogP) is 4.03.